The van der Waals surface area contributed by atoms with Crippen LogP contribution in [0.25, 0.3) is 0 Å². The summed E-state index contributed by atoms with van der Waals surface area (Å²) in [5.74, 6) is -1.14. The van der Waals surface area contributed by atoms with Crippen molar-refractivity contribution in [3.05, 3.63) is 53.8 Å². The Balaban J connectivity index is 1.44. The van der Waals surface area contributed by atoms with E-state index in [4.69, 9.17) is 9.15 Å². The maximum Gasteiger partial charge on any atom is 0.374 e. The average molecular weight is 478 g/mol. The van der Waals surface area contributed by atoms with E-state index in [0.29, 0.717) is 19.4 Å². The molecule has 1 fully saturated rings. The van der Waals surface area contributed by atoms with E-state index in [1.54, 1.807) is 6.92 Å². The maximum atomic E-state index is 12.8. The second-order valence-electron chi connectivity index (χ2n) is 8.03. The summed E-state index contributed by atoms with van der Waals surface area (Å²) in [6, 6.07) is 12.7. The standard InChI is InChI=1S/C23H31N3O6S/c1-3-31-23(28)20-9-10-21(32-20)33(29,30)26-14-11-19(12-15-26)22(27)24-13-16-25(2)17-18-7-5-4-6-8-18/h4-10,19H,3,11-17H2,1-2H3,(H,24,27). The third kappa shape index (κ3) is 6.66. The molecule has 0 bridgehead atoms. The molecule has 1 aromatic carbocycles. The Kier molecular flexibility index (Phi) is 8.65. The van der Waals surface area contributed by atoms with Crippen LogP contribution in [-0.4, -0.2) is 69.3 Å². The zero-order valence-electron chi connectivity index (χ0n) is 19.0. The van der Waals surface area contributed by atoms with Crippen molar-refractivity contribution in [1.29, 1.82) is 0 Å². The lowest BCUT2D eigenvalue weighted by Crippen LogP contribution is -2.44. The van der Waals surface area contributed by atoms with Gasteiger partial charge in [0.25, 0.3) is 10.0 Å². The van der Waals surface area contributed by atoms with Gasteiger partial charge in [-0.05, 0) is 44.5 Å². The maximum absolute atomic E-state index is 12.8. The van der Waals surface area contributed by atoms with Crippen LogP contribution in [0.2, 0.25) is 0 Å². The molecule has 180 valence electrons. The van der Waals surface area contributed by atoms with Crippen molar-refractivity contribution in [1.82, 2.24) is 14.5 Å². The largest absolute Gasteiger partial charge is 0.460 e. The van der Waals surface area contributed by atoms with Crippen molar-refractivity contribution >= 4 is 21.9 Å². The molecule has 33 heavy (non-hydrogen) atoms. The van der Waals surface area contributed by atoms with E-state index in [2.05, 4.69) is 22.3 Å². The molecule has 1 aliphatic heterocycles. The number of hydrogen-bond donors (Lipinski definition) is 1. The number of ether oxygens (including phenoxy) is 1. The van der Waals surface area contributed by atoms with Crippen LogP contribution >= 0.6 is 0 Å². The van der Waals surface area contributed by atoms with Gasteiger partial charge in [0.1, 0.15) is 0 Å². The second kappa shape index (κ2) is 11.4. The van der Waals surface area contributed by atoms with Crippen molar-refractivity contribution < 1.29 is 27.2 Å². The fourth-order valence-electron chi connectivity index (χ4n) is 3.74. The van der Waals surface area contributed by atoms with Gasteiger partial charge in [-0.3, -0.25) is 4.79 Å². The van der Waals surface area contributed by atoms with Gasteiger partial charge in [-0.1, -0.05) is 30.3 Å². The fourth-order valence-corrected chi connectivity index (χ4v) is 5.13. The molecule has 0 spiro atoms. The van der Waals surface area contributed by atoms with Gasteiger partial charge in [0.05, 0.1) is 6.61 Å². The van der Waals surface area contributed by atoms with Crippen molar-refractivity contribution in [2.24, 2.45) is 5.92 Å². The lowest BCUT2D eigenvalue weighted by Gasteiger charge is -2.30. The number of carbonyl (C=O) groups excluding carboxylic acids is 2. The first kappa shape index (κ1) is 24.9. The third-order valence-corrected chi connectivity index (χ3v) is 7.34. The first-order valence-corrected chi connectivity index (χ1v) is 12.5. The predicted molar refractivity (Wildman–Crippen MR) is 122 cm³/mol. The van der Waals surface area contributed by atoms with Gasteiger partial charge < -0.3 is 19.4 Å². The zero-order chi connectivity index (χ0) is 23.8. The Bertz CT molecular complexity index is 1030. The van der Waals surface area contributed by atoms with E-state index in [0.717, 1.165) is 13.1 Å². The van der Waals surface area contributed by atoms with Crippen LogP contribution in [-0.2, 0) is 26.1 Å². The summed E-state index contributed by atoms with van der Waals surface area (Å²) in [6.07, 6.45) is 0.854. The van der Waals surface area contributed by atoms with E-state index < -0.39 is 16.0 Å². The molecular formula is C23H31N3O6S. The van der Waals surface area contributed by atoms with Gasteiger partial charge in [-0.25, -0.2) is 13.2 Å². The molecule has 1 saturated heterocycles. The smallest absolute Gasteiger partial charge is 0.374 e. The number of furan rings is 1. The number of likely N-dealkylation sites (N-methyl/N-ethyl adjacent to an activating group) is 1. The highest BCUT2D eigenvalue weighted by Gasteiger charge is 2.34. The Hall–Kier alpha value is -2.69. The van der Waals surface area contributed by atoms with Crippen LogP contribution in [0.1, 0.15) is 35.9 Å². The van der Waals surface area contributed by atoms with Crippen molar-refractivity contribution in [2.75, 3.05) is 39.8 Å². The highest BCUT2D eigenvalue weighted by atomic mass is 32.2. The van der Waals surface area contributed by atoms with Crippen molar-refractivity contribution in [3.8, 4) is 0 Å². The van der Waals surface area contributed by atoms with Crippen LogP contribution < -0.4 is 5.32 Å². The minimum atomic E-state index is -3.88. The number of rotatable bonds is 10. The summed E-state index contributed by atoms with van der Waals surface area (Å²) >= 11 is 0. The molecule has 2 aromatic rings. The van der Waals surface area contributed by atoms with Gasteiger partial charge in [0, 0.05) is 38.6 Å². The van der Waals surface area contributed by atoms with Crippen molar-refractivity contribution in [3.63, 3.8) is 0 Å². The van der Waals surface area contributed by atoms with Gasteiger partial charge in [-0.15, -0.1) is 0 Å². The molecular weight excluding hydrogens is 446 g/mol. The molecule has 1 aliphatic rings. The molecule has 0 saturated carbocycles. The van der Waals surface area contributed by atoms with Crippen molar-refractivity contribution in [2.45, 2.75) is 31.4 Å². The number of amides is 1. The molecule has 0 atom stereocenters. The molecule has 1 aromatic heterocycles. The number of sulfonamides is 1. The van der Waals surface area contributed by atoms with E-state index in [1.807, 2.05) is 25.2 Å². The van der Waals surface area contributed by atoms with Gasteiger partial charge in [-0.2, -0.15) is 4.31 Å². The van der Waals surface area contributed by atoms with Crippen LogP contribution in [0.5, 0.6) is 0 Å². The number of nitrogens with zero attached hydrogens (tertiary/aromatic N) is 2. The van der Waals surface area contributed by atoms with Crippen LogP contribution in [0.15, 0.2) is 52.0 Å². The van der Waals surface area contributed by atoms with Crippen LogP contribution in [0.3, 0.4) is 0 Å². The average Bonchev–Trinajstić information content (AvgIpc) is 3.31. The Morgan fingerprint density at radius 3 is 2.52 bits per heavy atom. The first-order chi connectivity index (χ1) is 15.8. The monoisotopic (exact) mass is 477 g/mol. The SMILES string of the molecule is CCOC(=O)c1ccc(S(=O)(=O)N2CCC(C(=O)NCCN(C)Cc3ccccc3)CC2)o1. The molecule has 9 nitrogen and oxygen atoms in total. The minimum absolute atomic E-state index is 0.0530. The summed E-state index contributed by atoms with van der Waals surface area (Å²) in [5, 5.41) is 2.67. The Morgan fingerprint density at radius 2 is 1.85 bits per heavy atom. The second-order valence-corrected chi connectivity index (χ2v) is 9.90. The summed E-state index contributed by atoms with van der Waals surface area (Å²) < 4.78 is 37.0. The number of piperidine rings is 1. The Labute approximate surface area is 194 Å². The fraction of sp³-hybridized carbons (Fsp3) is 0.478. The molecule has 0 aliphatic carbocycles. The summed E-state index contributed by atoms with van der Waals surface area (Å²) in [5.41, 5.74) is 1.21. The summed E-state index contributed by atoms with van der Waals surface area (Å²) in [6.45, 7) is 4.30. The quantitative estimate of drug-likeness (QED) is 0.522. The number of hydrogen-bond acceptors (Lipinski definition) is 7. The number of esters is 1. The summed E-state index contributed by atoms with van der Waals surface area (Å²) in [4.78, 5) is 26.4. The molecule has 0 radical (unpaired) electrons. The zero-order valence-corrected chi connectivity index (χ0v) is 19.8. The number of carbonyl (C=O) groups is 2. The van der Waals surface area contributed by atoms with Gasteiger partial charge in [0.15, 0.2) is 0 Å². The van der Waals surface area contributed by atoms with E-state index >= 15 is 0 Å². The van der Waals surface area contributed by atoms with Gasteiger partial charge >= 0.3 is 5.97 Å². The normalized spacial score (nSPS) is 15.5. The predicted octanol–water partition coefficient (Wildman–Crippen LogP) is 2.11. The van der Waals surface area contributed by atoms with Gasteiger partial charge in [0.2, 0.25) is 16.8 Å². The highest BCUT2D eigenvalue weighted by Crippen LogP contribution is 2.25. The summed E-state index contributed by atoms with van der Waals surface area (Å²) in [7, 11) is -1.87. The van der Waals surface area contributed by atoms with Crippen LogP contribution in [0, 0.1) is 5.92 Å². The molecule has 0 unspecified atom stereocenters. The van der Waals surface area contributed by atoms with E-state index in [-0.39, 0.29) is 42.4 Å². The first-order valence-electron chi connectivity index (χ1n) is 11.1. The Morgan fingerprint density at radius 1 is 1.15 bits per heavy atom. The topological polar surface area (TPSA) is 109 Å². The lowest BCUT2D eigenvalue weighted by atomic mass is 9.97. The van der Waals surface area contributed by atoms with E-state index in [1.165, 1.54) is 22.0 Å². The third-order valence-electron chi connectivity index (χ3n) is 5.56. The molecule has 3 rings (SSSR count). The number of nitrogens with one attached hydrogen (secondary N) is 1. The minimum Gasteiger partial charge on any atom is -0.460 e. The number of benzene rings is 1. The lowest BCUT2D eigenvalue weighted by molar-refractivity contribution is -0.126. The molecule has 1 amide bonds. The molecule has 1 N–H and O–H groups in total. The highest BCUT2D eigenvalue weighted by molar-refractivity contribution is 7.89. The molecule has 10 heteroatoms. The van der Waals surface area contributed by atoms with Crippen LogP contribution in [0.4, 0.5) is 0 Å². The molecule has 2 heterocycles. The van der Waals surface area contributed by atoms with E-state index in [9.17, 15) is 18.0 Å².